The molecule has 12 heavy (non-hydrogen) atoms. The van der Waals surface area contributed by atoms with Gasteiger partial charge in [-0.2, -0.15) is 0 Å². The van der Waals surface area contributed by atoms with Gasteiger partial charge < -0.3 is 25.5 Å². The van der Waals surface area contributed by atoms with E-state index in [1.807, 2.05) is 0 Å². The zero-order chi connectivity index (χ0) is 9.46. The van der Waals surface area contributed by atoms with Crippen LogP contribution in [0.25, 0.3) is 0 Å². The molecule has 0 spiro atoms. The number of benzene rings is 1. The van der Waals surface area contributed by atoms with Crippen molar-refractivity contribution >= 4 is 12.6 Å². The molecule has 0 aromatic heterocycles. The van der Waals surface area contributed by atoms with Gasteiger partial charge in [0.1, 0.15) is 0 Å². The molecule has 0 amide bonds. The smallest absolute Gasteiger partial charge is 0.208 e. The predicted molar refractivity (Wildman–Crippen MR) is 42.0 cm³/mol. The molecule has 0 unspecified atom stereocenters. The molecule has 0 saturated carbocycles. The highest BCUT2D eigenvalue weighted by atomic mass is 32.1. The second kappa shape index (κ2) is 2.56. The van der Waals surface area contributed by atoms with Gasteiger partial charge in [0.25, 0.3) is 0 Å². The highest BCUT2D eigenvalue weighted by molar-refractivity contribution is 7.80. The van der Waals surface area contributed by atoms with Gasteiger partial charge in [0, 0.05) is 0 Å². The molecule has 0 aliphatic rings. The van der Waals surface area contributed by atoms with Crippen LogP contribution in [-0.2, 0) is 0 Å². The Labute approximate surface area is 72.6 Å². The number of hydrogen-bond donors (Lipinski definition) is 6. The molecule has 0 saturated heterocycles. The summed E-state index contributed by atoms with van der Waals surface area (Å²) in [5.74, 6) is -4.40. The third-order valence-electron chi connectivity index (χ3n) is 1.35. The number of aromatic hydroxyl groups is 5. The fourth-order valence-electron chi connectivity index (χ4n) is 0.673. The number of rotatable bonds is 0. The summed E-state index contributed by atoms with van der Waals surface area (Å²) in [6.07, 6.45) is 0. The molecule has 0 bridgehead atoms. The van der Waals surface area contributed by atoms with Gasteiger partial charge in [-0.15, -0.1) is 12.6 Å². The summed E-state index contributed by atoms with van der Waals surface area (Å²) in [6.45, 7) is 0. The van der Waals surface area contributed by atoms with Gasteiger partial charge in [0.15, 0.2) is 11.5 Å². The van der Waals surface area contributed by atoms with E-state index in [4.69, 9.17) is 25.5 Å². The highest BCUT2D eigenvalue weighted by Crippen LogP contribution is 2.51. The molecule has 0 atom stereocenters. The normalized spacial score (nSPS) is 10.1. The number of phenolic OH excluding ortho intramolecular Hbond substituents is 5. The molecule has 66 valence electrons. The van der Waals surface area contributed by atoms with Crippen LogP contribution in [0.5, 0.6) is 28.7 Å². The largest absolute Gasteiger partial charge is 0.503 e. The van der Waals surface area contributed by atoms with Gasteiger partial charge in [-0.3, -0.25) is 0 Å². The first-order valence-electron chi connectivity index (χ1n) is 2.84. The van der Waals surface area contributed by atoms with Crippen LogP contribution in [0.2, 0.25) is 0 Å². The lowest BCUT2D eigenvalue weighted by molar-refractivity contribution is 0.319. The van der Waals surface area contributed by atoms with Crippen molar-refractivity contribution in [3.8, 4) is 28.7 Å². The molecule has 1 aromatic rings. The average Bonchev–Trinajstić information content (AvgIpc) is 2.08. The van der Waals surface area contributed by atoms with Gasteiger partial charge in [-0.1, -0.05) is 0 Å². The quantitative estimate of drug-likeness (QED) is 0.203. The summed E-state index contributed by atoms with van der Waals surface area (Å²) in [7, 11) is 0. The van der Waals surface area contributed by atoms with E-state index in [0.717, 1.165) is 0 Å². The molecular formula is C6H6O5S. The van der Waals surface area contributed by atoms with Crippen LogP contribution in [-0.4, -0.2) is 25.5 Å². The standard InChI is InChI=1S/C6H6O5S/c7-1-2(8)4(10)6(12)5(11)3(1)9/h7-12H. The van der Waals surface area contributed by atoms with E-state index in [-0.39, 0.29) is 0 Å². The van der Waals surface area contributed by atoms with E-state index in [0.29, 0.717) is 0 Å². The molecule has 0 fully saturated rings. The van der Waals surface area contributed by atoms with E-state index < -0.39 is 33.6 Å². The molecule has 5 N–H and O–H groups in total. The highest BCUT2D eigenvalue weighted by Gasteiger charge is 2.20. The van der Waals surface area contributed by atoms with E-state index >= 15 is 0 Å². The Bertz CT molecular complexity index is 230. The lowest BCUT2D eigenvalue weighted by Crippen LogP contribution is -1.78. The van der Waals surface area contributed by atoms with Gasteiger partial charge in [-0.05, 0) is 0 Å². The molecule has 0 radical (unpaired) electrons. The monoisotopic (exact) mass is 190 g/mol. The Hall–Kier alpha value is -1.43. The Morgan fingerprint density at radius 1 is 0.583 bits per heavy atom. The minimum atomic E-state index is -0.984. The van der Waals surface area contributed by atoms with E-state index in [1.165, 1.54) is 0 Å². The zero-order valence-electron chi connectivity index (χ0n) is 5.68. The molecule has 0 heterocycles. The van der Waals surface area contributed by atoms with Crippen LogP contribution in [0.4, 0.5) is 0 Å². The van der Waals surface area contributed by atoms with Crippen molar-refractivity contribution in [3.05, 3.63) is 0 Å². The fourth-order valence-corrected chi connectivity index (χ4v) is 0.885. The maximum Gasteiger partial charge on any atom is 0.208 e. The van der Waals surface area contributed by atoms with Crippen molar-refractivity contribution < 1.29 is 25.5 Å². The maximum absolute atomic E-state index is 8.93. The minimum Gasteiger partial charge on any atom is -0.503 e. The molecule has 6 heteroatoms. The van der Waals surface area contributed by atoms with Crippen molar-refractivity contribution in [2.45, 2.75) is 4.90 Å². The molecule has 0 aliphatic carbocycles. The number of phenols is 5. The van der Waals surface area contributed by atoms with Crippen LogP contribution < -0.4 is 0 Å². The van der Waals surface area contributed by atoms with Crippen LogP contribution in [0, 0.1) is 0 Å². The second-order valence-electron chi connectivity index (χ2n) is 2.09. The summed E-state index contributed by atoms with van der Waals surface area (Å²) < 4.78 is 0. The molecule has 0 aliphatic heterocycles. The third kappa shape index (κ3) is 0.964. The van der Waals surface area contributed by atoms with Crippen molar-refractivity contribution in [1.82, 2.24) is 0 Å². The minimum absolute atomic E-state index is 0.400. The van der Waals surface area contributed by atoms with Crippen molar-refractivity contribution in [1.29, 1.82) is 0 Å². The Balaban J connectivity index is 3.60. The summed E-state index contributed by atoms with van der Waals surface area (Å²) in [5.41, 5.74) is 0. The summed E-state index contributed by atoms with van der Waals surface area (Å²) in [4.78, 5) is -0.400. The Kier molecular flexibility index (Phi) is 1.85. The summed E-state index contributed by atoms with van der Waals surface area (Å²) in [5, 5.41) is 44.5. The maximum atomic E-state index is 8.93. The SMILES string of the molecule is Oc1c(O)c(O)c(S)c(O)c1O. The van der Waals surface area contributed by atoms with Gasteiger partial charge in [0.2, 0.25) is 17.2 Å². The molecule has 5 nitrogen and oxygen atoms in total. The Morgan fingerprint density at radius 3 is 1.17 bits per heavy atom. The van der Waals surface area contributed by atoms with Crippen molar-refractivity contribution in [2.75, 3.05) is 0 Å². The van der Waals surface area contributed by atoms with E-state index in [1.54, 1.807) is 0 Å². The Morgan fingerprint density at radius 2 is 0.833 bits per heavy atom. The van der Waals surface area contributed by atoms with Gasteiger partial charge in [0.05, 0.1) is 4.90 Å². The van der Waals surface area contributed by atoms with Crippen LogP contribution >= 0.6 is 12.6 Å². The number of thiol groups is 1. The first-order chi connectivity index (χ1) is 5.46. The predicted octanol–water partition coefficient (Wildman–Crippen LogP) is 0.503. The number of hydrogen-bond acceptors (Lipinski definition) is 6. The second-order valence-corrected chi connectivity index (χ2v) is 2.54. The zero-order valence-corrected chi connectivity index (χ0v) is 6.58. The molecular weight excluding hydrogens is 184 g/mol. The first-order valence-corrected chi connectivity index (χ1v) is 3.29. The molecule has 1 rings (SSSR count). The van der Waals surface area contributed by atoms with Crippen molar-refractivity contribution in [2.24, 2.45) is 0 Å². The van der Waals surface area contributed by atoms with Gasteiger partial charge in [-0.25, -0.2) is 0 Å². The first kappa shape index (κ1) is 8.66. The van der Waals surface area contributed by atoms with Crippen LogP contribution in [0.1, 0.15) is 0 Å². The lowest BCUT2D eigenvalue weighted by atomic mass is 10.2. The van der Waals surface area contributed by atoms with Crippen LogP contribution in [0.15, 0.2) is 4.90 Å². The average molecular weight is 190 g/mol. The summed E-state index contributed by atoms with van der Waals surface area (Å²) in [6, 6.07) is 0. The van der Waals surface area contributed by atoms with Gasteiger partial charge >= 0.3 is 0 Å². The van der Waals surface area contributed by atoms with Crippen LogP contribution in [0.3, 0.4) is 0 Å². The van der Waals surface area contributed by atoms with E-state index in [2.05, 4.69) is 12.6 Å². The summed E-state index contributed by atoms with van der Waals surface area (Å²) >= 11 is 3.57. The third-order valence-corrected chi connectivity index (χ3v) is 1.77. The lowest BCUT2D eigenvalue weighted by Gasteiger charge is -2.07. The molecule has 1 aromatic carbocycles. The van der Waals surface area contributed by atoms with Crippen molar-refractivity contribution in [3.63, 3.8) is 0 Å². The fraction of sp³-hybridized carbons (Fsp3) is 0. The topological polar surface area (TPSA) is 101 Å². The van der Waals surface area contributed by atoms with E-state index in [9.17, 15) is 0 Å².